The number of hydrogen-bond acceptors (Lipinski definition) is 6. The molecule has 26 heavy (non-hydrogen) atoms. The van der Waals surface area contributed by atoms with Crippen LogP contribution in [0.25, 0.3) is 11.6 Å². The normalized spacial score (nSPS) is 18.4. The van der Waals surface area contributed by atoms with E-state index in [0.717, 1.165) is 17.5 Å². The van der Waals surface area contributed by atoms with Crippen LogP contribution >= 0.6 is 0 Å². The van der Waals surface area contributed by atoms with Crippen LogP contribution in [0.3, 0.4) is 0 Å². The molecule has 0 unspecified atom stereocenters. The summed E-state index contributed by atoms with van der Waals surface area (Å²) in [6, 6.07) is 6.72. The average Bonchev–Trinajstić information content (AvgIpc) is 3.49. The molecule has 0 bridgehead atoms. The van der Waals surface area contributed by atoms with Crippen molar-refractivity contribution in [2.45, 2.75) is 18.3 Å². The second kappa shape index (κ2) is 6.67. The molecule has 0 aliphatic heterocycles. The lowest BCUT2D eigenvalue weighted by atomic mass is 10.1. The number of rotatable bonds is 5. The minimum absolute atomic E-state index is 0.228. The van der Waals surface area contributed by atoms with Gasteiger partial charge in [0.15, 0.2) is 17.4 Å². The van der Waals surface area contributed by atoms with Crippen LogP contribution in [0, 0.1) is 5.82 Å². The maximum Gasteiger partial charge on any atom is 0.220 e. The van der Waals surface area contributed by atoms with Gasteiger partial charge in [0.25, 0.3) is 0 Å². The van der Waals surface area contributed by atoms with Gasteiger partial charge >= 0.3 is 0 Å². The lowest BCUT2D eigenvalue weighted by Crippen LogP contribution is -2.01. The molecule has 6 nitrogen and oxygen atoms in total. The molecule has 1 aliphatic rings. The van der Waals surface area contributed by atoms with Gasteiger partial charge in [-0.05, 0) is 42.0 Å². The van der Waals surface area contributed by atoms with E-state index in [0.29, 0.717) is 17.5 Å². The Labute approximate surface area is 150 Å². The van der Waals surface area contributed by atoms with Crippen molar-refractivity contribution in [3.63, 3.8) is 0 Å². The van der Waals surface area contributed by atoms with E-state index in [2.05, 4.69) is 19.9 Å². The van der Waals surface area contributed by atoms with Crippen molar-refractivity contribution in [1.29, 1.82) is 0 Å². The Kier molecular flexibility index (Phi) is 4.20. The molecule has 1 aliphatic carbocycles. The highest BCUT2D eigenvalue weighted by atomic mass is 19.1. The predicted octanol–water partition coefficient (Wildman–Crippen LogP) is 3.36. The van der Waals surface area contributed by atoms with E-state index < -0.39 is 0 Å². The number of aromatic nitrogens is 4. The summed E-state index contributed by atoms with van der Waals surface area (Å²) in [5.41, 5.74) is 1.96. The molecular formula is C19H17FN4O2. The van der Waals surface area contributed by atoms with Crippen molar-refractivity contribution in [3.8, 4) is 23.3 Å². The van der Waals surface area contributed by atoms with E-state index in [-0.39, 0.29) is 23.4 Å². The van der Waals surface area contributed by atoms with E-state index in [4.69, 9.17) is 9.47 Å². The van der Waals surface area contributed by atoms with Gasteiger partial charge in [-0.2, -0.15) is 4.98 Å². The highest BCUT2D eigenvalue weighted by molar-refractivity contribution is 5.48. The lowest BCUT2D eigenvalue weighted by molar-refractivity contribution is 0.386. The van der Waals surface area contributed by atoms with E-state index in [1.807, 2.05) is 0 Å². The van der Waals surface area contributed by atoms with Crippen molar-refractivity contribution in [1.82, 2.24) is 19.9 Å². The molecule has 2 aromatic heterocycles. The molecule has 2 atom stereocenters. The Morgan fingerprint density at radius 1 is 1.00 bits per heavy atom. The van der Waals surface area contributed by atoms with Crippen molar-refractivity contribution in [3.05, 3.63) is 59.8 Å². The first-order valence-electron chi connectivity index (χ1n) is 8.23. The van der Waals surface area contributed by atoms with Gasteiger partial charge in [0.2, 0.25) is 11.7 Å². The molecule has 0 amide bonds. The van der Waals surface area contributed by atoms with Gasteiger partial charge in [0, 0.05) is 24.2 Å². The van der Waals surface area contributed by atoms with Crippen molar-refractivity contribution >= 4 is 0 Å². The van der Waals surface area contributed by atoms with E-state index in [9.17, 15) is 4.39 Å². The van der Waals surface area contributed by atoms with Gasteiger partial charge in [-0.15, -0.1) is 0 Å². The van der Waals surface area contributed by atoms with Gasteiger partial charge in [-0.25, -0.2) is 19.3 Å². The maximum absolute atomic E-state index is 13.6. The fourth-order valence-electron chi connectivity index (χ4n) is 3.13. The number of hydrogen-bond donors (Lipinski definition) is 0. The largest absolute Gasteiger partial charge is 0.494 e. The first-order chi connectivity index (χ1) is 12.7. The number of methoxy groups -OCH3 is 2. The molecule has 7 heteroatoms. The third-order valence-electron chi connectivity index (χ3n) is 4.53. The van der Waals surface area contributed by atoms with Crippen molar-refractivity contribution in [2.75, 3.05) is 14.2 Å². The molecule has 1 fully saturated rings. The van der Waals surface area contributed by atoms with Gasteiger partial charge in [-0.3, -0.25) is 0 Å². The predicted molar refractivity (Wildman–Crippen MR) is 92.7 cm³/mol. The van der Waals surface area contributed by atoms with E-state index >= 15 is 0 Å². The van der Waals surface area contributed by atoms with Crippen LogP contribution < -0.4 is 9.47 Å². The van der Waals surface area contributed by atoms with Crippen molar-refractivity contribution in [2.24, 2.45) is 0 Å². The first kappa shape index (κ1) is 16.4. The SMILES string of the molecule is COc1cc([C@H]2C[C@H]2c2cnc(-c3ncccn3)nc2OC)ccc1F. The standard InChI is InChI=1S/C19H17FN4O2/c1-25-16-8-11(4-5-15(16)20)12-9-13(12)14-10-23-18(24-19(14)26-2)17-21-6-3-7-22-17/h3-8,10,12-13H,9H2,1-2H3/t12-,13-/m1/s1. The summed E-state index contributed by atoms with van der Waals surface area (Å²) >= 11 is 0. The maximum atomic E-state index is 13.6. The number of halogens is 1. The molecule has 0 spiro atoms. The lowest BCUT2D eigenvalue weighted by Gasteiger charge is -2.09. The van der Waals surface area contributed by atoms with E-state index in [1.165, 1.54) is 13.2 Å². The summed E-state index contributed by atoms with van der Waals surface area (Å²) in [5, 5.41) is 0. The summed E-state index contributed by atoms with van der Waals surface area (Å²) in [4.78, 5) is 17.2. The zero-order valence-electron chi connectivity index (χ0n) is 14.4. The molecule has 1 saturated carbocycles. The van der Waals surface area contributed by atoms with Crippen LogP contribution in [-0.2, 0) is 0 Å². The molecule has 132 valence electrons. The summed E-state index contributed by atoms with van der Waals surface area (Å²) < 4.78 is 24.2. The third kappa shape index (κ3) is 2.96. The van der Waals surface area contributed by atoms with Gasteiger partial charge in [-0.1, -0.05) is 6.07 Å². The molecule has 0 N–H and O–H groups in total. The third-order valence-corrected chi connectivity index (χ3v) is 4.53. The van der Waals surface area contributed by atoms with Crippen LogP contribution in [-0.4, -0.2) is 34.2 Å². The zero-order chi connectivity index (χ0) is 18.1. The Morgan fingerprint density at radius 3 is 2.54 bits per heavy atom. The molecule has 3 aromatic rings. The van der Waals surface area contributed by atoms with Crippen molar-refractivity contribution < 1.29 is 13.9 Å². The molecule has 4 rings (SSSR count). The Hall–Kier alpha value is -3.09. The number of benzene rings is 1. The molecular weight excluding hydrogens is 335 g/mol. The fraction of sp³-hybridized carbons (Fsp3) is 0.263. The topological polar surface area (TPSA) is 70.0 Å². The summed E-state index contributed by atoms with van der Waals surface area (Å²) in [6.45, 7) is 0. The zero-order valence-corrected chi connectivity index (χ0v) is 14.4. The highest BCUT2D eigenvalue weighted by Gasteiger charge is 2.42. The van der Waals surface area contributed by atoms with Gasteiger partial charge in [0.05, 0.1) is 14.2 Å². The Bertz CT molecular complexity index is 936. The Balaban J connectivity index is 1.61. The Morgan fingerprint density at radius 2 is 1.81 bits per heavy atom. The minimum Gasteiger partial charge on any atom is -0.494 e. The van der Waals surface area contributed by atoms with Gasteiger partial charge in [0.1, 0.15) is 0 Å². The van der Waals surface area contributed by atoms with Crippen LogP contribution in [0.15, 0.2) is 42.9 Å². The van der Waals surface area contributed by atoms with Crippen LogP contribution in [0.1, 0.15) is 29.4 Å². The summed E-state index contributed by atoms with van der Waals surface area (Å²) in [6.07, 6.45) is 5.98. The van der Waals surface area contributed by atoms with Gasteiger partial charge < -0.3 is 9.47 Å². The molecule has 1 aromatic carbocycles. The number of ether oxygens (including phenoxy) is 2. The quantitative estimate of drug-likeness (QED) is 0.701. The molecule has 2 heterocycles. The van der Waals surface area contributed by atoms with Crippen LogP contribution in [0.4, 0.5) is 4.39 Å². The molecule has 0 saturated heterocycles. The first-order valence-corrected chi connectivity index (χ1v) is 8.23. The monoisotopic (exact) mass is 352 g/mol. The highest BCUT2D eigenvalue weighted by Crippen LogP contribution is 2.56. The smallest absolute Gasteiger partial charge is 0.220 e. The second-order valence-corrected chi connectivity index (χ2v) is 6.07. The van der Waals surface area contributed by atoms with E-state index in [1.54, 1.807) is 43.9 Å². The van der Waals surface area contributed by atoms with Crippen LogP contribution in [0.2, 0.25) is 0 Å². The minimum atomic E-state index is -0.360. The number of nitrogens with zero attached hydrogens (tertiary/aromatic N) is 4. The average molecular weight is 352 g/mol. The fourth-order valence-corrected chi connectivity index (χ4v) is 3.13. The molecule has 0 radical (unpaired) electrons. The van der Waals surface area contributed by atoms with Crippen LogP contribution in [0.5, 0.6) is 11.6 Å². The second-order valence-electron chi connectivity index (χ2n) is 6.07. The summed E-state index contributed by atoms with van der Waals surface area (Å²) in [7, 11) is 3.05. The summed E-state index contributed by atoms with van der Waals surface area (Å²) in [5.74, 6) is 1.78.